The second-order valence-electron chi connectivity index (χ2n) is 4.79. The highest BCUT2D eigenvalue weighted by Gasteiger charge is 2.08. The Labute approximate surface area is 151 Å². The van der Waals surface area contributed by atoms with Crippen molar-refractivity contribution in [2.45, 2.75) is 6.54 Å². The van der Waals surface area contributed by atoms with Gasteiger partial charge in [0.15, 0.2) is 0 Å². The fraction of sp³-hybridized carbons (Fsp3) is 0.133. The fourth-order valence-corrected chi connectivity index (χ4v) is 2.99. The number of halogens is 1. The first-order valence-corrected chi connectivity index (χ1v) is 8.55. The summed E-state index contributed by atoms with van der Waals surface area (Å²) >= 11 is 4.55. The fourth-order valence-electron chi connectivity index (χ4n) is 1.78. The maximum Gasteiger partial charge on any atom is 0.320 e. The van der Waals surface area contributed by atoms with Gasteiger partial charge in [0, 0.05) is 11.0 Å². The molecule has 2 aromatic rings. The number of hydrogen-bond acceptors (Lipinski definition) is 4. The van der Waals surface area contributed by atoms with Gasteiger partial charge in [-0.25, -0.2) is 4.79 Å². The molecule has 0 atom stereocenters. The summed E-state index contributed by atoms with van der Waals surface area (Å²) in [7, 11) is 0. The summed E-state index contributed by atoms with van der Waals surface area (Å²) < 4.78 is 0.938. The van der Waals surface area contributed by atoms with E-state index in [9.17, 15) is 9.59 Å². The Morgan fingerprint density at radius 1 is 1.21 bits per heavy atom. The number of carbonyl (C=O) groups is 2. The van der Waals surface area contributed by atoms with Crippen LogP contribution in [0.4, 0.5) is 9.80 Å². The molecule has 0 saturated carbocycles. The summed E-state index contributed by atoms with van der Waals surface area (Å²) in [6.45, 7) is 0.249. The normalized spacial score (nSPS) is 10.0. The van der Waals surface area contributed by atoms with Crippen LogP contribution in [-0.4, -0.2) is 24.3 Å². The molecule has 0 aliphatic carbocycles. The van der Waals surface area contributed by atoms with E-state index in [1.165, 1.54) is 11.3 Å². The van der Waals surface area contributed by atoms with E-state index in [0.29, 0.717) is 16.4 Å². The van der Waals surface area contributed by atoms with Crippen LogP contribution in [-0.2, 0) is 11.3 Å². The van der Waals surface area contributed by atoms with Crippen LogP contribution in [0.2, 0.25) is 0 Å². The molecule has 3 amide bonds. The van der Waals surface area contributed by atoms with Crippen LogP contribution in [0.1, 0.15) is 10.4 Å². The van der Waals surface area contributed by atoms with Gasteiger partial charge in [0.2, 0.25) is 5.91 Å². The summed E-state index contributed by atoms with van der Waals surface area (Å²) in [5.41, 5.74) is 6.31. The molecule has 0 radical (unpaired) electrons. The molecule has 0 aliphatic heterocycles. The van der Waals surface area contributed by atoms with Gasteiger partial charge in [-0.1, -0.05) is 28.1 Å². The summed E-state index contributed by atoms with van der Waals surface area (Å²) in [6, 6.07) is 10.4. The Morgan fingerprint density at radius 3 is 2.67 bits per heavy atom. The van der Waals surface area contributed by atoms with Gasteiger partial charge in [0.05, 0.1) is 16.4 Å². The van der Waals surface area contributed by atoms with Crippen molar-refractivity contribution in [2.75, 3.05) is 11.9 Å². The van der Waals surface area contributed by atoms with Gasteiger partial charge in [-0.05, 0) is 29.8 Å². The molecule has 0 fully saturated rings. The first-order chi connectivity index (χ1) is 11.4. The lowest BCUT2D eigenvalue weighted by Crippen LogP contribution is -2.38. The third kappa shape index (κ3) is 5.67. The van der Waals surface area contributed by atoms with Crippen LogP contribution in [0.3, 0.4) is 0 Å². The molecule has 1 heterocycles. The molecule has 2 rings (SSSR count). The van der Waals surface area contributed by atoms with E-state index in [-0.39, 0.29) is 18.3 Å². The number of nitrogens with two attached hydrogens (primary N) is 1. The minimum absolute atomic E-state index is 0.0552. The third-order valence-electron chi connectivity index (χ3n) is 2.90. The van der Waals surface area contributed by atoms with Crippen LogP contribution in [0.5, 0.6) is 0 Å². The van der Waals surface area contributed by atoms with Gasteiger partial charge in [-0.15, -0.1) is 11.3 Å². The van der Waals surface area contributed by atoms with Crippen molar-refractivity contribution < 1.29 is 9.59 Å². The van der Waals surface area contributed by atoms with Gasteiger partial charge in [-0.2, -0.15) is 0 Å². The van der Waals surface area contributed by atoms with Crippen LogP contribution >= 0.6 is 27.3 Å². The number of amides is 3. The first-order valence-electron chi connectivity index (χ1n) is 6.94. The second-order valence-corrected chi connectivity index (χ2v) is 6.79. The van der Waals surface area contributed by atoms with E-state index >= 15 is 0 Å². The van der Waals surface area contributed by atoms with Crippen molar-refractivity contribution in [2.24, 2.45) is 5.73 Å². The summed E-state index contributed by atoms with van der Waals surface area (Å²) in [4.78, 5) is 24.0. The molecule has 126 valence electrons. The predicted octanol–water partition coefficient (Wildman–Crippen LogP) is 2.23. The highest BCUT2D eigenvalue weighted by Crippen LogP contribution is 2.20. The molecule has 7 nitrogen and oxygen atoms in total. The lowest BCUT2D eigenvalue weighted by Gasteiger charge is -2.08. The Kier molecular flexibility index (Phi) is 6.33. The molecule has 1 aromatic carbocycles. The lowest BCUT2D eigenvalue weighted by atomic mass is 10.2. The van der Waals surface area contributed by atoms with Crippen molar-refractivity contribution >= 4 is 50.0 Å². The quantitative estimate of drug-likeness (QED) is 0.371. The van der Waals surface area contributed by atoms with Crippen molar-refractivity contribution in [1.29, 1.82) is 5.41 Å². The average molecular weight is 410 g/mol. The third-order valence-corrected chi connectivity index (χ3v) is 4.42. The van der Waals surface area contributed by atoms with Crippen molar-refractivity contribution in [3.63, 3.8) is 0 Å². The molecule has 0 spiro atoms. The molecule has 6 N–H and O–H groups in total. The van der Waals surface area contributed by atoms with E-state index in [1.807, 2.05) is 24.3 Å². The zero-order chi connectivity index (χ0) is 17.5. The van der Waals surface area contributed by atoms with E-state index in [1.54, 1.807) is 12.1 Å². The lowest BCUT2D eigenvalue weighted by molar-refractivity contribution is -0.120. The SMILES string of the molecule is N=C(N)c1ccc(NC(=O)NCC(=O)NCc2cccc(Br)c2)s1. The van der Waals surface area contributed by atoms with Crippen molar-refractivity contribution in [3.05, 3.63) is 51.3 Å². The van der Waals surface area contributed by atoms with Gasteiger partial charge < -0.3 is 16.4 Å². The number of benzene rings is 1. The monoisotopic (exact) mass is 409 g/mol. The number of carbonyl (C=O) groups excluding carboxylic acids is 2. The Hall–Kier alpha value is -2.39. The maximum absolute atomic E-state index is 11.7. The molecule has 0 saturated heterocycles. The number of nitrogen functional groups attached to an aromatic ring is 1. The molecule has 1 aromatic heterocycles. The molecule has 0 bridgehead atoms. The Morgan fingerprint density at radius 2 is 2.00 bits per heavy atom. The number of rotatable bonds is 6. The number of thiophene rings is 1. The summed E-state index contributed by atoms with van der Waals surface area (Å²) in [5.74, 6) is -0.346. The number of hydrogen-bond donors (Lipinski definition) is 5. The summed E-state index contributed by atoms with van der Waals surface area (Å²) in [6.07, 6.45) is 0. The predicted molar refractivity (Wildman–Crippen MR) is 98.3 cm³/mol. The highest BCUT2D eigenvalue weighted by molar-refractivity contribution is 9.10. The van der Waals surface area contributed by atoms with Crippen LogP contribution in [0.25, 0.3) is 0 Å². The van der Waals surface area contributed by atoms with Crippen molar-refractivity contribution in [1.82, 2.24) is 10.6 Å². The van der Waals surface area contributed by atoms with E-state index in [2.05, 4.69) is 31.9 Å². The molecular weight excluding hydrogens is 394 g/mol. The molecule has 9 heteroatoms. The highest BCUT2D eigenvalue weighted by atomic mass is 79.9. The van der Waals surface area contributed by atoms with Gasteiger partial charge in [0.1, 0.15) is 5.84 Å². The minimum atomic E-state index is -0.496. The summed E-state index contributed by atoms with van der Waals surface area (Å²) in [5, 5.41) is 15.6. The number of urea groups is 1. The van der Waals surface area contributed by atoms with Gasteiger partial charge in [0.25, 0.3) is 0 Å². The zero-order valence-electron chi connectivity index (χ0n) is 12.6. The van der Waals surface area contributed by atoms with Gasteiger partial charge >= 0.3 is 6.03 Å². The Balaban J connectivity index is 1.72. The maximum atomic E-state index is 11.7. The molecule has 0 aliphatic rings. The van der Waals surface area contributed by atoms with E-state index in [4.69, 9.17) is 11.1 Å². The van der Waals surface area contributed by atoms with Crippen LogP contribution in [0.15, 0.2) is 40.9 Å². The molecule has 24 heavy (non-hydrogen) atoms. The van der Waals surface area contributed by atoms with Crippen molar-refractivity contribution in [3.8, 4) is 0 Å². The minimum Gasteiger partial charge on any atom is -0.383 e. The smallest absolute Gasteiger partial charge is 0.320 e. The molecule has 0 unspecified atom stereocenters. The second kappa shape index (κ2) is 8.46. The van der Waals surface area contributed by atoms with E-state index in [0.717, 1.165) is 10.0 Å². The zero-order valence-corrected chi connectivity index (χ0v) is 15.0. The number of anilines is 1. The van der Waals surface area contributed by atoms with Gasteiger partial charge in [-0.3, -0.25) is 15.5 Å². The van der Waals surface area contributed by atoms with Crippen LogP contribution in [0, 0.1) is 5.41 Å². The number of amidine groups is 1. The average Bonchev–Trinajstić information content (AvgIpc) is 3.00. The van der Waals surface area contributed by atoms with E-state index < -0.39 is 6.03 Å². The topological polar surface area (TPSA) is 120 Å². The largest absolute Gasteiger partial charge is 0.383 e. The first kappa shape index (κ1) is 18.0. The Bertz CT molecular complexity index is 762. The molecular formula is C15H16BrN5O2S. The standard InChI is InChI=1S/C15H16BrN5O2S/c16-10-3-1-2-9(6-10)7-19-12(22)8-20-15(23)21-13-5-4-11(24-13)14(17)18/h1-6H,7-8H2,(H3,17,18)(H,19,22)(H2,20,21,23). The van der Waals surface area contributed by atoms with Crippen LogP contribution < -0.4 is 21.7 Å². The number of nitrogens with one attached hydrogen (secondary N) is 4.